The zero-order valence-electron chi connectivity index (χ0n) is 15.9. The summed E-state index contributed by atoms with van der Waals surface area (Å²) in [5, 5.41) is 0. The van der Waals surface area contributed by atoms with Crippen LogP contribution in [0.3, 0.4) is 0 Å². The fourth-order valence-electron chi connectivity index (χ4n) is 3.84. The lowest BCUT2D eigenvalue weighted by Crippen LogP contribution is -2.42. The Bertz CT molecular complexity index is 936. The molecule has 28 heavy (non-hydrogen) atoms. The van der Waals surface area contributed by atoms with E-state index >= 15 is 0 Å². The Balaban J connectivity index is 1.86. The third kappa shape index (κ3) is 4.92. The van der Waals surface area contributed by atoms with E-state index in [0.29, 0.717) is 31.5 Å². The van der Waals surface area contributed by atoms with Gasteiger partial charge in [0.15, 0.2) is 5.82 Å². The fraction of sp³-hybridized carbons (Fsp3) is 0.421. The van der Waals surface area contributed by atoms with Gasteiger partial charge in [-0.05, 0) is 43.4 Å². The van der Waals surface area contributed by atoms with Gasteiger partial charge in [-0.15, -0.1) is 0 Å². The highest BCUT2D eigenvalue weighted by Crippen LogP contribution is 2.42. The van der Waals surface area contributed by atoms with Crippen molar-refractivity contribution in [1.29, 1.82) is 0 Å². The van der Waals surface area contributed by atoms with Crippen LogP contribution in [0.5, 0.6) is 0 Å². The van der Waals surface area contributed by atoms with Gasteiger partial charge in [0.1, 0.15) is 0 Å². The summed E-state index contributed by atoms with van der Waals surface area (Å²) in [5.41, 5.74) is 3.50. The Hall–Kier alpha value is -2.36. The molecule has 1 amide bonds. The van der Waals surface area contributed by atoms with Gasteiger partial charge >= 0.3 is 0 Å². The standard InChI is InChI=1S/C19H24N4O4S/c1-27-22-18(24)19(8-7-16(13-19)23-28(2,25)26)12-14-5-3-6-15(11-14)17-20-9-4-10-21-17/h3-6,9-11,16,23H,7-8,12-13H2,1-2H3,(H,22,24)/t16-,19+/m0/s1. The van der Waals surface area contributed by atoms with E-state index in [1.807, 2.05) is 24.3 Å². The van der Waals surface area contributed by atoms with E-state index in [0.717, 1.165) is 17.4 Å². The number of carbonyl (C=O) groups is 1. The molecule has 1 aromatic heterocycles. The SMILES string of the molecule is CONC(=O)[C@@]1(Cc2cccc(-c3ncccn3)c2)CC[C@H](NS(C)(=O)=O)C1. The van der Waals surface area contributed by atoms with Gasteiger partial charge in [0.05, 0.1) is 18.8 Å². The Labute approximate surface area is 164 Å². The number of benzene rings is 1. The summed E-state index contributed by atoms with van der Waals surface area (Å²) in [6, 6.07) is 9.22. The smallest absolute Gasteiger partial charge is 0.250 e. The molecule has 1 aromatic carbocycles. The molecule has 1 fully saturated rings. The van der Waals surface area contributed by atoms with Crippen molar-refractivity contribution in [2.45, 2.75) is 31.7 Å². The van der Waals surface area contributed by atoms with E-state index in [1.54, 1.807) is 18.5 Å². The van der Waals surface area contributed by atoms with Crippen molar-refractivity contribution in [2.24, 2.45) is 5.41 Å². The van der Waals surface area contributed by atoms with Gasteiger partial charge in [0.2, 0.25) is 15.9 Å². The van der Waals surface area contributed by atoms with Crippen LogP contribution in [0, 0.1) is 5.41 Å². The molecule has 0 radical (unpaired) electrons. The fourth-order valence-corrected chi connectivity index (χ4v) is 4.64. The molecule has 1 aliphatic carbocycles. The van der Waals surface area contributed by atoms with Crippen molar-refractivity contribution >= 4 is 15.9 Å². The Kier molecular flexibility index (Phi) is 6.07. The molecule has 1 saturated carbocycles. The van der Waals surface area contributed by atoms with E-state index < -0.39 is 15.4 Å². The lowest BCUT2D eigenvalue weighted by Gasteiger charge is -2.28. The highest BCUT2D eigenvalue weighted by Gasteiger charge is 2.46. The Morgan fingerprint density at radius 3 is 2.71 bits per heavy atom. The van der Waals surface area contributed by atoms with Gasteiger partial charge in [-0.3, -0.25) is 9.63 Å². The molecule has 0 unspecified atom stereocenters. The van der Waals surface area contributed by atoms with E-state index in [9.17, 15) is 13.2 Å². The maximum Gasteiger partial charge on any atom is 0.250 e. The van der Waals surface area contributed by atoms with Crippen molar-refractivity contribution in [2.75, 3.05) is 13.4 Å². The van der Waals surface area contributed by atoms with Crippen molar-refractivity contribution in [3.8, 4) is 11.4 Å². The van der Waals surface area contributed by atoms with Gasteiger partial charge in [0, 0.05) is 24.0 Å². The third-order valence-corrected chi connectivity index (χ3v) is 5.72. The second kappa shape index (κ2) is 8.34. The molecule has 1 heterocycles. The van der Waals surface area contributed by atoms with Gasteiger partial charge in [-0.1, -0.05) is 18.2 Å². The number of nitrogens with zero attached hydrogens (tertiary/aromatic N) is 2. The topological polar surface area (TPSA) is 110 Å². The van der Waals surface area contributed by atoms with Crippen LogP contribution in [0.4, 0.5) is 0 Å². The largest absolute Gasteiger partial charge is 0.277 e. The predicted octanol–water partition coefficient (Wildman–Crippen LogP) is 1.45. The lowest BCUT2D eigenvalue weighted by atomic mass is 9.79. The number of hydrogen-bond acceptors (Lipinski definition) is 6. The summed E-state index contributed by atoms with van der Waals surface area (Å²) in [6.07, 6.45) is 6.51. The van der Waals surface area contributed by atoms with Crippen LogP contribution in [-0.4, -0.2) is 43.7 Å². The highest BCUT2D eigenvalue weighted by molar-refractivity contribution is 7.88. The zero-order valence-corrected chi connectivity index (χ0v) is 16.7. The van der Waals surface area contributed by atoms with Gasteiger partial charge in [0.25, 0.3) is 0 Å². The summed E-state index contributed by atoms with van der Waals surface area (Å²) in [6.45, 7) is 0. The minimum atomic E-state index is -3.34. The van der Waals surface area contributed by atoms with Crippen LogP contribution in [0.1, 0.15) is 24.8 Å². The number of rotatable bonds is 7. The summed E-state index contributed by atoms with van der Waals surface area (Å²) in [4.78, 5) is 26.2. The number of nitrogens with one attached hydrogen (secondary N) is 2. The predicted molar refractivity (Wildman–Crippen MR) is 104 cm³/mol. The number of sulfonamides is 1. The molecule has 0 aliphatic heterocycles. The first kappa shape index (κ1) is 20.4. The first-order valence-electron chi connectivity index (χ1n) is 8.98. The molecule has 2 N–H and O–H groups in total. The third-order valence-electron chi connectivity index (χ3n) is 4.96. The first-order chi connectivity index (χ1) is 13.3. The molecule has 0 saturated heterocycles. The molecular weight excluding hydrogens is 380 g/mol. The van der Waals surface area contributed by atoms with Gasteiger partial charge in [-0.25, -0.2) is 28.6 Å². The average molecular weight is 404 g/mol. The molecule has 8 nitrogen and oxygen atoms in total. The van der Waals surface area contributed by atoms with Crippen molar-refractivity contribution in [3.05, 3.63) is 48.3 Å². The summed E-state index contributed by atoms with van der Waals surface area (Å²) < 4.78 is 25.8. The second-order valence-electron chi connectivity index (χ2n) is 7.19. The molecule has 2 aromatic rings. The summed E-state index contributed by atoms with van der Waals surface area (Å²) in [7, 11) is -1.95. The molecular formula is C19H24N4O4S. The van der Waals surface area contributed by atoms with Crippen LogP contribution in [0.2, 0.25) is 0 Å². The molecule has 3 rings (SSSR count). The number of amides is 1. The lowest BCUT2D eigenvalue weighted by molar-refractivity contribution is -0.141. The maximum absolute atomic E-state index is 12.8. The normalized spacial score (nSPS) is 22.1. The molecule has 1 aliphatic rings. The summed E-state index contributed by atoms with van der Waals surface area (Å²) >= 11 is 0. The van der Waals surface area contributed by atoms with Crippen LogP contribution < -0.4 is 10.2 Å². The summed E-state index contributed by atoms with van der Waals surface area (Å²) in [5.74, 6) is 0.372. The molecule has 9 heteroatoms. The van der Waals surface area contributed by atoms with Crippen molar-refractivity contribution < 1.29 is 18.0 Å². The minimum Gasteiger partial charge on any atom is -0.277 e. The van der Waals surface area contributed by atoms with Crippen LogP contribution in [-0.2, 0) is 26.1 Å². The monoisotopic (exact) mass is 404 g/mol. The minimum absolute atomic E-state index is 0.242. The Morgan fingerprint density at radius 1 is 1.29 bits per heavy atom. The van der Waals surface area contributed by atoms with Crippen LogP contribution in [0.25, 0.3) is 11.4 Å². The van der Waals surface area contributed by atoms with Crippen molar-refractivity contribution in [1.82, 2.24) is 20.2 Å². The van der Waals surface area contributed by atoms with E-state index in [-0.39, 0.29) is 11.9 Å². The van der Waals surface area contributed by atoms with Gasteiger partial charge < -0.3 is 0 Å². The number of aromatic nitrogens is 2. The van der Waals surface area contributed by atoms with Gasteiger partial charge in [-0.2, -0.15) is 0 Å². The molecule has 0 spiro atoms. The molecule has 2 atom stereocenters. The van der Waals surface area contributed by atoms with E-state index in [1.165, 1.54) is 7.11 Å². The molecule has 150 valence electrons. The first-order valence-corrected chi connectivity index (χ1v) is 10.9. The maximum atomic E-state index is 12.8. The Morgan fingerprint density at radius 2 is 2.04 bits per heavy atom. The van der Waals surface area contributed by atoms with Crippen LogP contribution in [0.15, 0.2) is 42.7 Å². The van der Waals surface area contributed by atoms with E-state index in [4.69, 9.17) is 4.84 Å². The number of hydroxylamine groups is 1. The van der Waals surface area contributed by atoms with Crippen molar-refractivity contribution in [3.63, 3.8) is 0 Å². The van der Waals surface area contributed by atoms with E-state index in [2.05, 4.69) is 20.2 Å². The molecule has 0 bridgehead atoms. The number of hydrogen-bond donors (Lipinski definition) is 2. The zero-order chi connectivity index (χ0) is 20.2. The highest BCUT2D eigenvalue weighted by atomic mass is 32.2. The number of carbonyl (C=O) groups excluding carboxylic acids is 1. The quantitative estimate of drug-likeness (QED) is 0.676. The average Bonchev–Trinajstić information content (AvgIpc) is 3.05. The second-order valence-corrected chi connectivity index (χ2v) is 8.97. The van der Waals surface area contributed by atoms with Crippen LogP contribution >= 0.6 is 0 Å².